The molecule has 19 heavy (non-hydrogen) atoms. The van der Waals surface area contributed by atoms with E-state index in [4.69, 9.17) is 0 Å². The molecule has 5 aliphatic rings. The second-order valence-corrected chi connectivity index (χ2v) is 6.91. The van der Waals surface area contributed by atoms with Crippen molar-refractivity contribution in [2.45, 2.75) is 18.9 Å². The predicted molar refractivity (Wildman–Crippen MR) is 81.7 cm³/mol. The maximum absolute atomic E-state index is 3.92. The molecular formula is C16H20N2S. The molecule has 0 aliphatic carbocycles. The van der Waals surface area contributed by atoms with Crippen LogP contribution in [-0.2, 0) is 0 Å². The first-order valence-corrected chi connectivity index (χ1v) is 8.22. The van der Waals surface area contributed by atoms with E-state index >= 15 is 0 Å². The minimum atomic E-state index is 0.696. The van der Waals surface area contributed by atoms with Crippen LogP contribution in [0.2, 0.25) is 0 Å². The highest BCUT2D eigenvalue weighted by Crippen LogP contribution is 2.41. The van der Waals surface area contributed by atoms with Gasteiger partial charge in [0.25, 0.3) is 0 Å². The second kappa shape index (κ2) is 4.57. The normalized spacial score (nSPS) is 36.5. The Morgan fingerprint density at radius 3 is 2.84 bits per heavy atom. The number of piperidine rings is 3. The Morgan fingerprint density at radius 2 is 2.16 bits per heavy atom. The Morgan fingerprint density at radius 1 is 1.32 bits per heavy atom. The number of fused-ring (bicyclic) bond motifs is 4. The quantitative estimate of drug-likeness (QED) is 0.763. The van der Waals surface area contributed by atoms with Gasteiger partial charge in [0.2, 0.25) is 0 Å². The molecule has 0 aromatic heterocycles. The van der Waals surface area contributed by atoms with Crippen LogP contribution in [0.1, 0.15) is 12.8 Å². The molecule has 5 rings (SSSR count). The molecule has 3 saturated heterocycles. The zero-order valence-corrected chi connectivity index (χ0v) is 12.0. The monoisotopic (exact) mass is 272 g/mol. The van der Waals surface area contributed by atoms with Crippen molar-refractivity contribution >= 4 is 11.8 Å². The van der Waals surface area contributed by atoms with Gasteiger partial charge in [-0.15, -0.1) is 11.8 Å². The van der Waals surface area contributed by atoms with Crippen LogP contribution in [-0.4, -0.2) is 41.2 Å². The van der Waals surface area contributed by atoms with E-state index in [-0.39, 0.29) is 0 Å². The Kier molecular flexibility index (Phi) is 2.85. The van der Waals surface area contributed by atoms with Crippen LogP contribution in [0.4, 0.5) is 0 Å². The van der Waals surface area contributed by atoms with E-state index in [1.165, 1.54) is 48.5 Å². The molecule has 0 radical (unpaired) electrons. The first kappa shape index (κ1) is 11.9. The summed E-state index contributed by atoms with van der Waals surface area (Å²) in [6, 6.07) is 0.696. The van der Waals surface area contributed by atoms with Gasteiger partial charge in [-0.1, -0.05) is 12.7 Å². The molecule has 3 heteroatoms. The Hall–Kier alpha value is -0.930. The molecule has 5 aliphatic heterocycles. The van der Waals surface area contributed by atoms with Crippen molar-refractivity contribution in [2.75, 3.05) is 25.4 Å². The van der Waals surface area contributed by atoms with Gasteiger partial charge in [-0.05, 0) is 49.1 Å². The van der Waals surface area contributed by atoms with Gasteiger partial charge in [0, 0.05) is 35.6 Å². The number of rotatable bonds is 2. The molecule has 0 aromatic rings. The average Bonchev–Trinajstić information content (AvgIpc) is 2.90. The zero-order valence-electron chi connectivity index (χ0n) is 11.2. The van der Waals surface area contributed by atoms with Crippen LogP contribution in [0.3, 0.4) is 0 Å². The lowest BCUT2D eigenvalue weighted by Gasteiger charge is -2.48. The van der Waals surface area contributed by atoms with E-state index in [1.807, 2.05) is 17.8 Å². The summed E-state index contributed by atoms with van der Waals surface area (Å²) >= 11 is 1.96. The van der Waals surface area contributed by atoms with Gasteiger partial charge in [0.1, 0.15) is 0 Å². The van der Waals surface area contributed by atoms with Crippen molar-refractivity contribution in [3.8, 4) is 0 Å². The van der Waals surface area contributed by atoms with Gasteiger partial charge in [-0.2, -0.15) is 0 Å². The fourth-order valence-electron chi connectivity index (χ4n) is 3.75. The lowest BCUT2D eigenvalue weighted by molar-refractivity contribution is 0.0413. The van der Waals surface area contributed by atoms with Crippen molar-refractivity contribution in [2.24, 2.45) is 5.92 Å². The van der Waals surface area contributed by atoms with Crippen LogP contribution in [0.5, 0.6) is 0 Å². The number of hydrogen-bond acceptors (Lipinski definition) is 3. The van der Waals surface area contributed by atoms with Crippen molar-refractivity contribution < 1.29 is 0 Å². The summed E-state index contributed by atoms with van der Waals surface area (Å²) in [6.45, 7) is 7.80. The van der Waals surface area contributed by atoms with Gasteiger partial charge in [0.15, 0.2) is 0 Å². The zero-order chi connectivity index (χ0) is 12.8. The third-order valence-electron chi connectivity index (χ3n) is 4.93. The summed E-state index contributed by atoms with van der Waals surface area (Å²) in [5, 5.41) is 0. The van der Waals surface area contributed by atoms with E-state index in [2.05, 4.69) is 34.9 Å². The smallest absolute Gasteiger partial charge is 0.0487 e. The highest BCUT2D eigenvalue weighted by molar-refractivity contribution is 8.03. The molecule has 2 nitrogen and oxygen atoms in total. The summed E-state index contributed by atoms with van der Waals surface area (Å²) in [6.07, 6.45) is 11.7. The molecule has 1 atom stereocenters. The maximum Gasteiger partial charge on any atom is 0.0487 e. The average molecular weight is 272 g/mol. The lowest BCUT2D eigenvalue weighted by atomic mass is 9.83. The van der Waals surface area contributed by atoms with E-state index in [1.54, 1.807) is 0 Å². The SMILES string of the molecule is C=CC1=C2C=CN([C@H]3CN4CCC3CC4)C=C2SC1. The van der Waals surface area contributed by atoms with Gasteiger partial charge >= 0.3 is 0 Å². The summed E-state index contributed by atoms with van der Waals surface area (Å²) in [5.74, 6) is 1.98. The van der Waals surface area contributed by atoms with E-state index in [0.29, 0.717) is 6.04 Å². The first-order chi connectivity index (χ1) is 9.35. The largest absolute Gasteiger partial charge is 0.349 e. The molecule has 0 amide bonds. The number of thioether (sulfide) groups is 1. The summed E-state index contributed by atoms with van der Waals surface area (Å²) in [5.41, 5.74) is 2.79. The fraction of sp³-hybridized carbons (Fsp3) is 0.500. The van der Waals surface area contributed by atoms with Gasteiger partial charge in [-0.25, -0.2) is 0 Å². The number of hydrogen-bond donors (Lipinski definition) is 0. The van der Waals surface area contributed by atoms with Crippen LogP contribution in [0, 0.1) is 5.92 Å². The summed E-state index contributed by atoms with van der Waals surface area (Å²) < 4.78 is 0. The second-order valence-electron chi connectivity index (χ2n) is 5.89. The molecule has 5 heterocycles. The first-order valence-electron chi connectivity index (χ1n) is 7.24. The Bertz CT molecular complexity index is 495. The maximum atomic E-state index is 3.92. The fourth-order valence-corrected chi connectivity index (χ4v) is 4.89. The van der Waals surface area contributed by atoms with Crippen molar-refractivity contribution in [1.82, 2.24) is 9.80 Å². The number of allylic oxidation sites excluding steroid dienone is 3. The van der Waals surface area contributed by atoms with Gasteiger partial charge in [0.05, 0.1) is 0 Å². The standard InChI is InChI=1S/C16H20N2S/c1-2-12-11-19-16-10-18(8-5-14(12)16)15-9-17-6-3-13(15)4-7-17/h2,5,8,10,13,15H,1,3-4,6-7,9,11H2/t15-/m0/s1. The predicted octanol–water partition coefficient (Wildman–Crippen LogP) is 2.98. The van der Waals surface area contributed by atoms with Gasteiger partial charge < -0.3 is 9.80 Å². The van der Waals surface area contributed by atoms with E-state index < -0.39 is 0 Å². The molecule has 0 saturated carbocycles. The molecule has 0 unspecified atom stereocenters. The third-order valence-corrected chi connectivity index (χ3v) is 6.02. The van der Waals surface area contributed by atoms with Crippen molar-refractivity contribution in [3.63, 3.8) is 0 Å². The van der Waals surface area contributed by atoms with Crippen LogP contribution >= 0.6 is 11.8 Å². The minimum absolute atomic E-state index is 0.696. The molecule has 0 spiro atoms. The molecule has 0 N–H and O–H groups in total. The summed E-state index contributed by atoms with van der Waals surface area (Å²) in [4.78, 5) is 6.54. The van der Waals surface area contributed by atoms with Gasteiger partial charge in [-0.3, -0.25) is 0 Å². The Labute approximate surface area is 119 Å². The highest BCUT2D eigenvalue weighted by atomic mass is 32.2. The van der Waals surface area contributed by atoms with E-state index in [9.17, 15) is 0 Å². The third kappa shape index (κ3) is 1.91. The molecule has 100 valence electrons. The molecule has 3 fully saturated rings. The van der Waals surface area contributed by atoms with E-state index in [0.717, 1.165) is 11.7 Å². The molecular weight excluding hydrogens is 252 g/mol. The minimum Gasteiger partial charge on any atom is -0.349 e. The van der Waals surface area contributed by atoms with Crippen molar-refractivity contribution in [3.05, 3.63) is 47.2 Å². The van der Waals surface area contributed by atoms with Crippen LogP contribution in [0.15, 0.2) is 47.2 Å². The molecule has 0 aromatic carbocycles. The summed E-state index contributed by atoms with van der Waals surface area (Å²) in [7, 11) is 0. The molecule has 2 bridgehead atoms. The highest BCUT2D eigenvalue weighted by Gasteiger charge is 2.37. The number of nitrogens with zero attached hydrogens (tertiary/aromatic N) is 2. The van der Waals surface area contributed by atoms with Crippen molar-refractivity contribution in [1.29, 1.82) is 0 Å². The topological polar surface area (TPSA) is 6.48 Å². The Balaban J connectivity index is 1.59. The van der Waals surface area contributed by atoms with Crippen LogP contribution in [0.25, 0.3) is 0 Å². The lowest BCUT2D eigenvalue weighted by Crippen LogP contribution is -2.55. The van der Waals surface area contributed by atoms with Crippen LogP contribution < -0.4 is 0 Å².